The molecule has 0 fully saturated rings. The van der Waals surface area contributed by atoms with E-state index in [-0.39, 0.29) is 23.9 Å². The van der Waals surface area contributed by atoms with Crippen molar-refractivity contribution in [2.75, 3.05) is 0 Å². The first-order chi connectivity index (χ1) is 1.73. The molecule has 0 spiro atoms. The van der Waals surface area contributed by atoms with Crippen LogP contribution in [0.3, 0.4) is 0 Å². The maximum absolute atomic E-state index is 8.48. The van der Waals surface area contributed by atoms with Crippen LogP contribution in [0.15, 0.2) is 0 Å². The summed E-state index contributed by atoms with van der Waals surface area (Å²) in [4.78, 5) is 17.0. The van der Waals surface area contributed by atoms with Gasteiger partial charge in [0.05, 0.1) is 0 Å². The molecule has 5 heteroatoms. The van der Waals surface area contributed by atoms with Crippen molar-refractivity contribution in [2.45, 2.75) is 0 Å². The topological polar surface area (TPSA) is 63.2 Å². The largest absolute Gasteiger partial charge is 2.00 e. The molecule has 0 atom stereocenters. The Hall–Kier alpha value is 0.819. The van der Waals surface area contributed by atoms with E-state index >= 15 is 0 Å². The Morgan fingerprint density at radius 2 is 1.40 bits per heavy atom. The molecular weight excluding hydrogens is 198 g/mol. The van der Waals surface area contributed by atoms with Gasteiger partial charge in [-0.25, -0.2) is 0 Å². The third-order valence-corrected chi connectivity index (χ3v) is 0. The fraction of sp³-hybridized carbons (Fsp3) is 0. The summed E-state index contributed by atoms with van der Waals surface area (Å²) in [6.07, 6.45) is 0. The third-order valence-electron chi connectivity index (χ3n) is 0. The van der Waals surface area contributed by atoms with Crippen LogP contribution in [-0.4, -0.2) is 23.9 Å². The van der Waals surface area contributed by atoms with Gasteiger partial charge < -0.3 is 9.79 Å². The molecule has 0 aromatic rings. The van der Waals surface area contributed by atoms with E-state index in [9.17, 15) is 0 Å². The molecule has 2 radical (unpaired) electrons. The second-order valence-electron chi connectivity index (χ2n) is 0.224. The van der Waals surface area contributed by atoms with Crippen molar-refractivity contribution in [1.82, 2.24) is 0 Å². The fourth-order valence-electron chi connectivity index (χ4n) is 0. The van der Waals surface area contributed by atoms with E-state index in [4.69, 9.17) is 14.4 Å². The van der Waals surface area contributed by atoms with Crippen molar-refractivity contribution in [2.24, 2.45) is 0 Å². The zero-order valence-electron chi connectivity index (χ0n) is 2.17. The van der Waals surface area contributed by atoms with Gasteiger partial charge in [0, 0.05) is 0 Å². The first kappa shape index (κ1) is 9.27. The normalized spacial score (nSPS) is 5.20. The van der Waals surface area contributed by atoms with Gasteiger partial charge in [-0.05, 0) is 0 Å². The van der Waals surface area contributed by atoms with Gasteiger partial charge in [0.15, 0.2) is 0 Å². The molecule has 0 rings (SSSR count). The Balaban J connectivity index is 0. The molecule has 3 nitrogen and oxygen atoms in total. The van der Waals surface area contributed by atoms with Crippen LogP contribution in [0, 0.1) is 0 Å². The Kier molecular flexibility index (Phi) is 8.93. The summed E-state index contributed by atoms with van der Waals surface area (Å²) >= 11 is 0. The molecule has 0 heterocycles. The Labute approximate surface area is 46.9 Å². The first-order valence-corrected chi connectivity index (χ1v) is 1.64. The summed E-state index contributed by atoms with van der Waals surface area (Å²) in [5.41, 5.74) is 0. The average Bonchev–Trinajstić information content (AvgIpc) is 0.811. The zero-order valence-corrected chi connectivity index (χ0v) is 5.92. The predicted octanol–water partition coefficient (Wildman–Crippen LogP) is -2.02. The molecule has 0 bridgehead atoms. The average molecular weight is 198 g/mol. The van der Waals surface area contributed by atoms with E-state index < -0.39 is 8.25 Å². The van der Waals surface area contributed by atoms with E-state index in [0.717, 1.165) is 0 Å². The van der Waals surface area contributed by atoms with E-state index in [2.05, 4.69) is 0 Å². The first-order valence-electron chi connectivity index (χ1n) is 0.548. The van der Waals surface area contributed by atoms with Gasteiger partial charge in [-0.1, -0.05) is 4.57 Å². The third kappa shape index (κ3) is 57.1. The summed E-state index contributed by atoms with van der Waals surface area (Å²) in [5.74, 6) is 0. The Morgan fingerprint density at radius 3 is 1.40 bits per heavy atom. The smallest absolute Gasteiger partial charge is 0.598 e. The molecule has 5 heavy (non-hydrogen) atoms. The Bertz CT molecular complexity index is 29.9. The quantitative estimate of drug-likeness (QED) is 0.333. The van der Waals surface area contributed by atoms with Gasteiger partial charge in [-0.2, -0.15) is 0 Å². The van der Waals surface area contributed by atoms with E-state index in [1.165, 1.54) is 0 Å². The van der Waals surface area contributed by atoms with E-state index in [1.807, 2.05) is 0 Å². The second-order valence-corrected chi connectivity index (χ2v) is 0.671. The zero-order chi connectivity index (χ0) is 3.58. The molecule has 0 unspecified atom stereocenters. The molecule has 0 amide bonds. The minimum absolute atomic E-state index is 0. The van der Waals surface area contributed by atoms with Crippen LogP contribution < -0.4 is 9.79 Å². The van der Waals surface area contributed by atoms with Crippen molar-refractivity contribution in [3.05, 3.63) is 0 Å². The number of hydrogen-bond donors (Lipinski definition) is 0. The van der Waals surface area contributed by atoms with Crippen LogP contribution in [0.1, 0.15) is 0 Å². The number of hydrogen-bond acceptors (Lipinski definition) is 3. The van der Waals surface area contributed by atoms with E-state index in [0.29, 0.717) is 0 Å². The van der Waals surface area contributed by atoms with Crippen LogP contribution in [0.25, 0.3) is 0 Å². The molecule has 0 saturated carbocycles. The minimum atomic E-state index is -3.37. The van der Waals surface area contributed by atoms with Gasteiger partial charge in [0.1, 0.15) is 0 Å². The molecular formula is O3PSn+. The molecule has 0 aliphatic heterocycles. The van der Waals surface area contributed by atoms with Crippen molar-refractivity contribution < 1.29 is 14.4 Å². The molecule has 0 aliphatic rings. The van der Waals surface area contributed by atoms with Crippen molar-refractivity contribution in [3.63, 3.8) is 0 Å². The maximum Gasteiger partial charge on any atom is 2.00 e. The van der Waals surface area contributed by atoms with E-state index in [1.54, 1.807) is 0 Å². The van der Waals surface area contributed by atoms with Gasteiger partial charge in [0.2, 0.25) is 0 Å². The summed E-state index contributed by atoms with van der Waals surface area (Å²) in [6.45, 7) is 0. The fourth-order valence-corrected chi connectivity index (χ4v) is 0. The summed E-state index contributed by atoms with van der Waals surface area (Å²) in [6, 6.07) is 0. The van der Waals surface area contributed by atoms with Gasteiger partial charge in [0.25, 0.3) is 8.25 Å². The Morgan fingerprint density at radius 1 is 1.40 bits per heavy atom. The van der Waals surface area contributed by atoms with Gasteiger partial charge >= 0.3 is 23.9 Å². The van der Waals surface area contributed by atoms with Crippen molar-refractivity contribution in [3.8, 4) is 0 Å². The number of rotatable bonds is 0. The van der Waals surface area contributed by atoms with Crippen LogP contribution >= 0.6 is 8.25 Å². The van der Waals surface area contributed by atoms with Crippen LogP contribution in [0.4, 0.5) is 0 Å². The molecule has 26 valence electrons. The molecule has 0 aliphatic carbocycles. The van der Waals surface area contributed by atoms with Crippen LogP contribution in [0.5, 0.6) is 0 Å². The predicted molar refractivity (Wildman–Crippen MR) is 13.4 cm³/mol. The molecule has 0 N–H and O–H groups in total. The van der Waals surface area contributed by atoms with Crippen molar-refractivity contribution in [1.29, 1.82) is 0 Å². The second kappa shape index (κ2) is 4.82. The van der Waals surface area contributed by atoms with Crippen molar-refractivity contribution >= 4 is 32.2 Å². The molecule has 0 aromatic heterocycles. The summed E-state index contributed by atoms with van der Waals surface area (Å²) in [5, 5.41) is 0. The SMILES string of the molecule is O=[P+]([O-])[O-].[Sn+2]. The monoisotopic (exact) mass is 199 g/mol. The molecule has 0 saturated heterocycles. The van der Waals surface area contributed by atoms with Gasteiger partial charge in [-0.3, -0.25) is 0 Å². The standard InChI is InChI=1S/HO3P.Sn/c1-4(2)3;/h(H,1,2,3);/q;+2/p-1. The van der Waals surface area contributed by atoms with Gasteiger partial charge in [-0.15, -0.1) is 0 Å². The molecule has 0 aromatic carbocycles. The summed E-state index contributed by atoms with van der Waals surface area (Å²) in [7, 11) is -3.37. The summed E-state index contributed by atoms with van der Waals surface area (Å²) < 4.78 is 8.48. The van der Waals surface area contributed by atoms with Crippen LogP contribution in [0.2, 0.25) is 0 Å². The maximum atomic E-state index is 8.48. The minimum Gasteiger partial charge on any atom is -0.598 e. The van der Waals surface area contributed by atoms with Crippen LogP contribution in [-0.2, 0) is 4.57 Å².